The second kappa shape index (κ2) is 11.5. The first-order chi connectivity index (χ1) is 13.6. The molecule has 0 aliphatic carbocycles. The van der Waals surface area contributed by atoms with Gasteiger partial charge in [0.2, 0.25) is 5.91 Å². The van der Waals surface area contributed by atoms with Gasteiger partial charge in [-0.05, 0) is 18.6 Å². The summed E-state index contributed by atoms with van der Waals surface area (Å²) in [5, 5.41) is 6.77. The quantitative estimate of drug-likeness (QED) is 0.340. The van der Waals surface area contributed by atoms with E-state index >= 15 is 0 Å². The second-order valence-electron chi connectivity index (χ2n) is 7.23. The summed E-state index contributed by atoms with van der Waals surface area (Å²) < 4.78 is 13.9. The van der Waals surface area contributed by atoms with Gasteiger partial charge in [0.25, 0.3) is 0 Å². The zero-order valence-electron chi connectivity index (χ0n) is 17.1. The number of rotatable bonds is 5. The summed E-state index contributed by atoms with van der Waals surface area (Å²) in [4.78, 5) is 26.1. The van der Waals surface area contributed by atoms with Gasteiger partial charge in [-0.2, -0.15) is 0 Å². The number of guanidine groups is 1. The van der Waals surface area contributed by atoms with Crippen molar-refractivity contribution in [3.05, 3.63) is 24.1 Å². The summed E-state index contributed by atoms with van der Waals surface area (Å²) in [6.07, 6.45) is 2.53. The Bertz CT molecular complexity index is 697. The number of pyridine rings is 1. The monoisotopic (exact) mass is 519 g/mol. The van der Waals surface area contributed by atoms with Crippen LogP contribution in [0.3, 0.4) is 0 Å². The highest BCUT2D eigenvalue weighted by molar-refractivity contribution is 14.0. The van der Waals surface area contributed by atoms with Crippen LogP contribution in [0.4, 0.5) is 10.2 Å². The fourth-order valence-corrected chi connectivity index (χ4v) is 3.69. The number of hydrogen-bond donors (Lipinski definition) is 2. The molecule has 0 spiro atoms. The number of anilines is 1. The Balaban J connectivity index is 0.00000300. The van der Waals surface area contributed by atoms with Gasteiger partial charge in [0.1, 0.15) is 0 Å². The van der Waals surface area contributed by atoms with Crippen LogP contribution in [0, 0.1) is 5.82 Å². The molecule has 0 bridgehead atoms. The molecule has 2 saturated heterocycles. The maximum Gasteiger partial charge on any atom is 0.219 e. The van der Waals surface area contributed by atoms with Crippen molar-refractivity contribution in [2.75, 3.05) is 64.3 Å². The number of halogens is 2. The van der Waals surface area contributed by atoms with Crippen molar-refractivity contribution in [3.8, 4) is 0 Å². The molecular weight excluding hydrogens is 488 g/mol. The molecule has 1 aromatic rings. The molecule has 10 heteroatoms. The average Bonchev–Trinajstić information content (AvgIpc) is 3.16. The lowest BCUT2D eigenvalue weighted by Crippen LogP contribution is -2.51. The third kappa shape index (κ3) is 6.66. The SMILES string of the molecule is CN=C(NCCN1CCN(C(C)=O)CC1)NC1CCN(c2ncccc2F)C1.I. The van der Waals surface area contributed by atoms with Gasteiger partial charge in [0.15, 0.2) is 17.6 Å². The maximum absolute atomic E-state index is 13.9. The molecule has 1 amide bonds. The van der Waals surface area contributed by atoms with Crippen LogP contribution in [0.1, 0.15) is 13.3 Å². The highest BCUT2D eigenvalue weighted by Gasteiger charge is 2.26. The smallest absolute Gasteiger partial charge is 0.219 e. The van der Waals surface area contributed by atoms with Crippen LogP contribution in [-0.4, -0.2) is 92.1 Å². The molecule has 3 rings (SSSR count). The van der Waals surface area contributed by atoms with E-state index in [-0.39, 0.29) is 41.7 Å². The van der Waals surface area contributed by atoms with E-state index in [4.69, 9.17) is 0 Å². The Morgan fingerprint density at radius 1 is 1.31 bits per heavy atom. The van der Waals surface area contributed by atoms with Gasteiger partial charge in [-0.15, -0.1) is 24.0 Å². The Hall–Kier alpha value is -1.69. The molecule has 2 N–H and O–H groups in total. The van der Waals surface area contributed by atoms with E-state index < -0.39 is 0 Å². The molecule has 2 aliphatic heterocycles. The van der Waals surface area contributed by atoms with Crippen LogP contribution in [0.15, 0.2) is 23.3 Å². The van der Waals surface area contributed by atoms with Gasteiger partial charge in [-0.3, -0.25) is 14.7 Å². The summed E-state index contributed by atoms with van der Waals surface area (Å²) >= 11 is 0. The molecule has 1 atom stereocenters. The fourth-order valence-electron chi connectivity index (χ4n) is 3.69. The molecule has 0 aromatic carbocycles. The number of nitrogens with one attached hydrogen (secondary N) is 2. The molecular formula is C19H31FIN7O. The molecule has 8 nitrogen and oxygen atoms in total. The topological polar surface area (TPSA) is 76.1 Å². The molecule has 162 valence electrons. The highest BCUT2D eigenvalue weighted by atomic mass is 127. The Morgan fingerprint density at radius 2 is 2.07 bits per heavy atom. The predicted molar refractivity (Wildman–Crippen MR) is 123 cm³/mol. The van der Waals surface area contributed by atoms with Gasteiger partial charge < -0.3 is 20.4 Å². The van der Waals surface area contributed by atoms with E-state index in [9.17, 15) is 9.18 Å². The number of nitrogens with zero attached hydrogens (tertiary/aromatic N) is 5. The van der Waals surface area contributed by atoms with E-state index in [2.05, 4.69) is 25.5 Å². The number of carbonyl (C=O) groups is 1. The summed E-state index contributed by atoms with van der Waals surface area (Å²) in [7, 11) is 1.76. The number of aliphatic imine (C=N–C) groups is 1. The summed E-state index contributed by atoms with van der Waals surface area (Å²) in [6.45, 7) is 8.17. The van der Waals surface area contributed by atoms with E-state index in [0.717, 1.165) is 58.2 Å². The zero-order chi connectivity index (χ0) is 19.9. The number of aromatic nitrogens is 1. The van der Waals surface area contributed by atoms with Crippen LogP contribution in [0.2, 0.25) is 0 Å². The fraction of sp³-hybridized carbons (Fsp3) is 0.632. The van der Waals surface area contributed by atoms with Gasteiger partial charge >= 0.3 is 0 Å². The Labute approximate surface area is 188 Å². The number of amides is 1. The Kier molecular flexibility index (Phi) is 9.34. The molecule has 0 radical (unpaired) electrons. The predicted octanol–water partition coefficient (Wildman–Crippen LogP) is 0.746. The summed E-state index contributed by atoms with van der Waals surface area (Å²) in [6, 6.07) is 3.25. The van der Waals surface area contributed by atoms with Crippen LogP contribution in [0.5, 0.6) is 0 Å². The zero-order valence-corrected chi connectivity index (χ0v) is 19.4. The standard InChI is InChI=1S/C19H30FN7O.HI/c1-15(28)26-12-10-25(11-13-26)9-7-23-19(21-2)24-16-5-8-27(14-16)18-17(20)4-3-6-22-18;/h3-4,6,16H,5,7-14H2,1-2H3,(H2,21,23,24);1H. The minimum absolute atomic E-state index is 0. The number of hydrogen-bond acceptors (Lipinski definition) is 5. The van der Waals surface area contributed by atoms with Gasteiger partial charge in [-0.1, -0.05) is 0 Å². The lowest BCUT2D eigenvalue weighted by molar-refractivity contribution is -0.130. The summed E-state index contributed by atoms with van der Waals surface area (Å²) in [5.74, 6) is 1.05. The summed E-state index contributed by atoms with van der Waals surface area (Å²) in [5.41, 5.74) is 0. The van der Waals surface area contributed by atoms with Crippen LogP contribution < -0.4 is 15.5 Å². The van der Waals surface area contributed by atoms with Crippen LogP contribution in [0.25, 0.3) is 0 Å². The van der Waals surface area contributed by atoms with Crippen LogP contribution in [-0.2, 0) is 4.79 Å². The van der Waals surface area contributed by atoms with E-state index in [1.807, 2.05) is 9.80 Å². The Morgan fingerprint density at radius 3 is 2.72 bits per heavy atom. The molecule has 1 unspecified atom stereocenters. The molecule has 29 heavy (non-hydrogen) atoms. The van der Waals surface area contributed by atoms with E-state index in [0.29, 0.717) is 12.4 Å². The number of piperazine rings is 1. The van der Waals surface area contributed by atoms with Gasteiger partial charge in [-0.25, -0.2) is 9.37 Å². The maximum atomic E-state index is 13.9. The van der Waals surface area contributed by atoms with Crippen molar-refractivity contribution >= 4 is 41.7 Å². The van der Waals surface area contributed by atoms with Crippen molar-refractivity contribution in [3.63, 3.8) is 0 Å². The number of carbonyl (C=O) groups excluding carboxylic acids is 1. The van der Waals surface area contributed by atoms with Gasteiger partial charge in [0.05, 0.1) is 0 Å². The van der Waals surface area contributed by atoms with E-state index in [1.54, 1.807) is 26.2 Å². The molecule has 3 heterocycles. The average molecular weight is 519 g/mol. The molecule has 2 aliphatic rings. The third-order valence-corrected chi connectivity index (χ3v) is 5.33. The lowest BCUT2D eigenvalue weighted by atomic mass is 10.3. The third-order valence-electron chi connectivity index (χ3n) is 5.33. The molecule has 2 fully saturated rings. The second-order valence-corrected chi connectivity index (χ2v) is 7.23. The first kappa shape index (κ1) is 23.6. The van der Waals surface area contributed by atoms with Gasteiger partial charge in [0, 0.05) is 78.6 Å². The lowest BCUT2D eigenvalue weighted by Gasteiger charge is -2.34. The first-order valence-electron chi connectivity index (χ1n) is 9.87. The van der Waals surface area contributed by atoms with Crippen molar-refractivity contribution in [1.82, 2.24) is 25.4 Å². The van der Waals surface area contributed by atoms with Crippen LogP contribution >= 0.6 is 24.0 Å². The minimum atomic E-state index is -0.282. The van der Waals surface area contributed by atoms with Crippen molar-refractivity contribution in [2.24, 2.45) is 4.99 Å². The van der Waals surface area contributed by atoms with Crippen molar-refractivity contribution in [2.45, 2.75) is 19.4 Å². The van der Waals surface area contributed by atoms with Crippen molar-refractivity contribution < 1.29 is 9.18 Å². The molecule has 1 aromatic heterocycles. The first-order valence-corrected chi connectivity index (χ1v) is 9.87. The van der Waals surface area contributed by atoms with Crippen molar-refractivity contribution in [1.29, 1.82) is 0 Å². The minimum Gasteiger partial charge on any atom is -0.355 e. The van der Waals surface area contributed by atoms with E-state index in [1.165, 1.54) is 6.07 Å². The highest BCUT2D eigenvalue weighted by Crippen LogP contribution is 2.20. The molecule has 0 saturated carbocycles. The largest absolute Gasteiger partial charge is 0.355 e. The normalized spacial score (nSPS) is 20.4.